The quantitative estimate of drug-likeness (QED) is 0.549. The first kappa shape index (κ1) is 11.3. The third-order valence-electron chi connectivity index (χ3n) is 2.48. The number of hydrogen-bond acceptors (Lipinski definition) is 4. The topological polar surface area (TPSA) is 69.6 Å². The molecule has 3 aromatic rings. The predicted molar refractivity (Wildman–Crippen MR) is 71.1 cm³/mol. The van der Waals surface area contributed by atoms with Crippen LogP contribution in [0.5, 0.6) is 0 Å². The lowest BCUT2D eigenvalue weighted by atomic mass is 10.3. The van der Waals surface area contributed by atoms with Gasteiger partial charge in [-0.2, -0.15) is 9.97 Å². The van der Waals surface area contributed by atoms with Crippen molar-refractivity contribution in [1.82, 2.24) is 19.5 Å². The van der Waals surface area contributed by atoms with Gasteiger partial charge in [0.15, 0.2) is 17.0 Å². The van der Waals surface area contributed by atoms with Gasteiger partial charge in [-0.05, 0) is 35.3 Å². The van der Waals surface area contributed by atoms with Crippen molar-refractivity contribution < 1.29 is 0 Å². The fourth-order valence-corrected chi connectivity index (χ4v) is 2.16. The Bertz CT molecular complexity index is 723. The molecule has 18 heavy (non-hydrogen) atoms. The van der Waals surface area contributed by atoms with Crippen molar-refractivity contribution >= 4 is 40.2 Å². The number of aromatic nitrogens is 4. The second-order valence-corrected chi connectivity index (χ2v) is 4.28. The van der Waals surface area contributed by atoms with Crippen LogP contribution in [-0.2, 0) is 0 Å². The van der Waals surface area contributed by atoms with Crippen molar-refractivity contribution in [3.8, 4) is 5.69 Å². The second-order valence-electron chi connectivity index (χ2n) is 3.60. The highest BCUT2D eigenvalue weighted by Crippen LogP contribution is 2.26. The minimum atomic E-state index is 0.0637. The molecule has 5 nitrogen and oxygen atoms in total. The third-order valence-corrected chi connectivity index (χ3v) is 2.90. The smallest absolute Gasteiger partial charge is 0.226 e. The van der Waals surface area contributed by atoms with Crippen LogP contribution in [0, 0.1) is 0 Å². The number of hydrogen-bond donors (Lipinski definition) is 1. The van der Waals surface area contributed by atoms with Gasteiger partial charge in [-0.15, -0.1) is 0 Å². The molecule has 0 radical (unpaired) electrons. The fraction of sp³-hybridized carbons (Fsp3) is 0. The Labute approximate surface area is 112 Å². The van der Waals surface area contributed by atoms with Gasteiger partial charge in [0.25, 0.3) is 0 Å². The van der Waals surface area contributed by atoms with Gasteiger partial charge in [0, 0.05) is 0 Å². The molecule has 3 rings (SSSR count). The minimum Gasteiger partial charge on any atom is -0.382 e. The molecule has 0 saturated carbocycles. The van der Waals surface area contributed by atoms with Crippen molar-refractivity contribution in [2.75, 3.05) is 5.73 Å². The number of fused-ring (bicyclic) bond motifs is 1. The number of imidazole rings is 1. The summed E-state index contributed by atoms with van der Waals surface area (Å²) >= 11 is 11.9. The van der Waals surface area contributed by atoms with E-state index in [9.17, 15) is 0 Å². The zero-order chi connectivity index (χ0) is 12.7. The van der Waals surface area contributed by atoms with Crippen molar-refractivity contribution in [3.05, 3.63) is 40.9 Å². The number of benzene rings is 1. The number of nitrogen functional groups attached to an aromatic ring is 1. The first-order valence-corrected chi connectivity index (χ1v) is 5.85. The number of nitrogens with zero attached hydrogens (tertiary/aromatic N) is 4. The molecule has 1 aromatic carbocycles. The largest absolute Gasteiger partial charge is 0.382 e. The van der Waals surface area contributed by atoms with E-state index in [2.05, 4.69) is 15.0 Å². The summed E-state index contributed by atoms with van der Waals surface area (Å²) in [7, 11) is 0. The molecule has 90 valence electrons. The molecule has 0 fully saturated rings. The second kappa shape index (κ2) is 4.12. The maximum atomic E-state index is 6.11. The summed E-state index contributed by atoms with van der Waals surface area (Å²) in [6.45, 7) is 0. The van der Waals surface area contributed by atoms with E-state index < -0.39 is 0 Å². The molecule has 0 aliphatic carbocycles. The van der Waals surface area contributed by atoms with Gasteiger partial charge in [-0.25, -0.2) is 4.98 Å². The minimum absolute atomic E-state index is 0.0637. The number of para-hydroxylation sites is 1. The van der Waals surface area contributed by atoms with E-state index in [0.717, 1.165) is 5.69 Å². The number of rotatable bonds is 1. The molecular weight excluding hydrogens is 273 g/mol. The summed E-state index contributed by atoms with van der Waals surface area (Å²) in [4.78, 5) is 12.1. The van der Waals surface area contributed by atoms with Gasteiger partial charge >= 0.3 is 0 Å². The van der Waals surface area contributed by atoms with Gasteiger partial charge in [-0.3, -0.25) is 4.57 Å². The van der Waals surface area contributed by atoms with Gasteiger partial charge in [0.1, 0.15) is 0 Å². The molecule has 0 spiro atoms. The first-order valence-electron chi connectivity index (χ1n) is 5.09. The van der Waals surface area contributed by atoms with Crippen molar-refractivity contribution in [2.24, 2.45) is 0 Å². The number of halogens is 2. The first-order chi connectivity index (χ1) is 8.66. The lowest BCUT2D eigenvalue weighted by molar-refractivity contribution is 1.06. The Morgan fingerprint density at radius 1 is 1.00 bits per heavy atom. The van der Waals surface area contributed by atoms with E-state index in [1.54, 1.807) is 4.57 Å². The maximum absolute atomic E-state index is 6.11. The molecule has 0 atom stereocenters. The predicted octanol–water partition coefficient (Wildman–Crippen LogP) is 2.70. The molecule has 2 N–H and O–H groups in total. The molecule has 7 heteroatoms. The van der Waals surface area contributed by atoms with E-state index in [1.807, 2.05) is 30.3 Å². The van der Waals surface area contributed by atoms with Crippen molar-refractivity contribution in [1.29, 1.82) is 0 Å². The van der Waals surface area contributed by atoms with Crippen molar-refractivity contribution in [3.63, 3.8) is 0 Å². The normalized spacial score (nSPS) is 11.0. The van der Waals surface area contributed by atoms with Crippen LogP contribution in [0.4, 0.5) is 5.82 Å². The standard InChI is InChI=1S/C11H7Cl2N5/c12-10-16-8(14)7-9(17-10)18(11(13)15-7)6-4-2-1-3-5-6/h1-5H,(H2,14,16,17). The molecule has 2 aromatic heterocycles. The van der Waals surface area contributed by atoms with Gasteiger partial charge in [0.05, 0.1) is 5.69 Å². The van der Waals surface area contributed by atoms with E-state index in [4.69, 9.17) is 28.9 Å². The lowest BCUT2D eigenvalue weighted by Gasteiger charge is -2.04. The van der Waals surface area contributed by atoms with Crippen LogP contribution in [0.2, 0.25) is 10.6 Å². The van der Waals surface area contributed by atoms with E-state index >= 15 is 0 Å². The monoisotopic (exact) mass is 279 g/mol. The molecule has 0 amide bonds. The zero-order valence-electron chi connectivity index (χ0n) is 9.01. The Morgan fingerprint density at radius 3 is 2.44 bits per heavy atom. The summed E-state index contributed by atoms with van der Waals surface area (Å²) in [5.41, 5.74) is 7.51. The number of nitrogens with two attached hydrogens (primary N) is 1. The van der Waals surface area contributed by atoms with Crippen LogP contribution >= 0.6 is 23.2 Å². The molecule has 0 saturated heterocycles. The summed E-state index contributed by atoms with van der Waals surface area (Å²) < 4.78 is 1.67. The van der Waals surface area contributed by atoms with Crippen LogP contribution in [0.15, 0.2) is 30.3 Å². The van der Waals surface area contributed by atoms with Crippen LogP contribution in [0.3, 0.4) is 0 Å². The molecule has 0 bridgehead atoms. The van der Waals surface area contributed by atoms with Crippen LogP contribution in [-0.4, -0.2) is 19.5 Å². The summed E-state index contributed by atoms with van der Waals surface area (Å²) in [6, 6.07) is 9.47. The SMILES string of the molecule is Nc1nc(Cl)nc2c1nc(Cl)n2-c1ccccc1. The zero-order valence-corrected chi connectivity index (χ0v) is 10.5. The average Bonchev–Trinajstić information content (AvgIpc) is 2.67. The molecule has 0 aliphatic rings. The maximum Gasteiger partial charge on any atom is 0.226 e. The third kappa shape index (κ3) is 1.68. The van der Waals surface area contributed by atoms with Gasteiger partial charge in [0.2, 0.25) is 10.6 Å². The molecule has 2 heterocycles. The Kier molecular flexibility index (Phi) is 2.57. The Hall–Kier alpha value is -1.85. The highest BCUT2D eigenvalue weighted by atomic mass is 35.5. The Balaban J connectivity index is 2.39. The van der Waals surface area contributed by atoms with Crippen molar-refractivity contribution in [2.45, 2.75) is 0 Å². The highest BCUT2D eigenvalue weighted by Gasteiger charge is 2.15. The molecular formula is C11H7Cl2N5. The van der Waals surface area contributed by atoms with Crippen LogP contribution in [0.25, 0.3) is 16.9 Å². The fourth-order valence-electron chi connectivity index (χ4n) is 1.73. The van der Waals surface area contributed by atoms with Crippen LogP contribution in [0.1, 0.15) is 0 Å². The van der Waals surface area contributed by atoms with E-state index in [-0.39, 0.29) is 16.4 Å². The van der Waals surface area contributed by atoms with Crippen LogP contribution < -0.4 is 5.73 Å². The highest BCUT2D eigenvalue weighted by molar-refractivity contribution is 6.30. The number of anilines is 1. The van der Waals surface area contributed by atoms with E-state index in [1.165, 1.54) is 0 Å². The summed E-state index contributed by atoms with van der Waals surface area (Å²) in [5.74, 6) is 0.210. The summed E-state index contributed by atoms with van der Waals surface area (Å²) in [5, 5.41) is 0.327. The van der Waals surface area contributed by atoms with Gasteiger partial charge in [-0.1, -0.05) is 18.2 Å². The molecule has 0 unspecified atom stereocenters. The van der Waals surface area contributed by atoms with Gasteiger partial charge < -0.3 is 5.73 Å². The Morgan fingerprint density at radius 2 is 1.72 bits per heavy atom. The van der Waals surface area contributed by atoms with E-state index in [0.29, 0.717) is 11.2 Å². The summed E-state index contributed by atoms with van der Waals surface area (Å²) in [6.07, 6.45) is 0. The molecule has 0 aliphatic heterocycles. The lowest BCUT2D eigenvalue weighted by Crippen LogP contribution is -1.98. The average molecular weight is 280 g/mol.